The highest BCUT2D eigenvalue weighted by atomic mass is 35.5. The summed E-state index contributed by atoms with van der Waals surface area (Å²) in [6, 6.07) is 12.7. The van der Waals surface area contributed by atoms with Gasteiger partial charge in [0.1, 0.15) is 5.75 Å². The number of para-hydroxylation sites is 1. The molecule has 0 aliphatic carbocycles. The first-order valence-corrected chi connectivity index (χ1v) is 8.68. The summed E-state index contributed by atoms with van der Waals surface area (Å²) in [6.07, 6.45) is 0.980. The molecule has 0 saturated carbocycles. The Labute approximate surface area is 135 Å². The summed E-state index contributed by atoms with van der Waals surface area (Å²) in [4.78, 5) is 2.66. The lowest BCUT2D eigenvalue weighted by atomic mass is 9.89. The Hall–Kier alpha value is -0.990. The number of rotatable bonds is 2. The van der Waals surface area contributed by atoms with E-state index in [1.807, 2.05) is 23.5 Å². The van der Waals surface area contributed by atoms with Gasteiger partial charge in [0.25, 0.3) is 0 Å². The molecular weight excluding hydrogens is 300 g/mol. The van der Waals surface area contributed by atoms with Crippen LogP contribution in [0.4, 0.5) is 0 Å². The van der Waals surface area contributed by atoms with Crippen molar-refractivity contribution in [3.05, 3.63) is 51.7 Å². The summed E-state index contributed by atoms with van der Waals surface area (Å²) in [5, 5.41) is 0.0242. The van der Waals surface area contributed by atoms with Crippen LogP contribution in [-0.2, 0) is 5.41 Å². The van der Waals surface area contributed by atoms with Crippen LogP contribution in [0.25, 0.3) is 0 Å². The molecule has 0 saturated heterocycles. The monoisotopic (exact) mass is 320 g/mol. The standard InChI is InChI=1S/C18H21ClOS/c1-18(2,3)16-9-8-15(21-16)17(19)13-10-11-20-14-7-5-4-6-12(13)14/h4-9,13,17H,10-11H2,1-3H3. The molecule has 3 rings (SSSR count). The predicted octanol–water partition coefficient (Wildman–Crippen LogP) is 5.89. The number of ether oxygens (including phenoxy) is 1. The van der Waals surface area contributed by atoms with Crippen molar-refractivity contribution >= 4 is 22.9 Å². The molecule has 112 valence electrons. The first-order chi connectivity index (χ1) is 9.97. The minimum Gasteiger partial charge on any atom is -0.493 e. The normalized spacial score (nSPS) is 19.7. The highest BCUT2D eigenvalue weighted by Crippen LogP contribution is 2.47. The molecule has 2 atom stereocenters. The van der Waals surface area contributed by atoms with Crippen LogP contribution in [0, 0.1) is 0 Å². The zero-order chi connectivity index (χ0) is 15.0. The Morgan fingerprint density at radius 1 is 1.19 bits per heavy atom. The molecule has 0 bridgehead atoms. The summed E-state index contributed by atoms with van der Waals surface area (Å²) in [7, 11) is 0. The third kappa shape index (κ3) is 2.97. The van der Waals surface area contributed by atoms with Gasteiger partial charge in [-0.1, -0.05) is 39.0 Å². The second kappa shape index (κ2) is 5.66. The van der Waals surface area contributed by atoms with Crippen LogP contribution < -0.4 is 4.74 Å². The highest BCUT2D eigenvalue weighted by Gasteiger charge is 2.30. The first kappa shape index (κ1) is 14.9. The molecule has 0 fully saturated rings. The smallest absolute Gasteiger partial charge is 0.122 e. The Morgan fingerprint density at radius 3 is 2.67 bits per heavy atom. The van der Waals surface area contributed by atoms with Gasteiger partial charge in [-0.15, -0.1) is 22.9 Å². The van der Waals surface area contributed by atoms with E-state index in [0.29, 0.717) is 5.92 Å². The van der Waals surface area contributed by atoms with Gasteiger partial charge < -0.3 is 4.74 Å². The maximum Gasteiger partial charge on any atom is 0.122 e. The first-order valence-electron chi connectivity index (χ1n) is 7.43. The van der Waals surface area contributed by atoms with Crippen LogP contribution in [0.2, 0.25) is 0 Å². The fraction of sp³-hybridized carbons (Fsp3) is 0.444. The van der Waals surface area contributed by atoms with Gasteiger partial charge in [-0.3, -0.25) is 0 Å². The maximum absolute atomic E-state index is 6.83. The zero-order valence-electron chi connectivity index (χ0n) is 12.7. The van der Waals surface area contributed by atoms with E-state index in [0.717, 1.165) is 18.8 Å². The summed E-state index contributed by atoms with van der Waals surface area (Å²) < 4.78 is 5.74. The molecule has 0 amide bonds. The number of thiophene rings is 1. The predicted molar refractivity (Wildman–Crippen MR) is 90.9 cm³/mol. The van der Waals surface area contributed by atoms with Crippen LogP contribution in [0.3, 0.4) is 0 Å². The number of hydrogen-bond acceptors (Lipinski definition) is 2. The maximum atomic E-state index is 6.83. The Kier molecular flexibility index (Phi) is 4.02. The van der Waals surface area contributed by atoms with E-state index in [1.54, 1.807) is 0 Å². The number of hydrogen-bond donors (Lipinski definition) is 0. The van der Waals surface area contributed by atoms with Gasteiger partial charge >= 0.3 is 0 Å². The van der Waals surface area contributed by atoms with Crippen molar-refractivity contribution in [2.24, 2.45) is 0 Å². The van der Waals surface area contributed by atoms with Crippen LogP contribution >= 0.6 is 22.9 Å². The topological polar surface area (TPSA) is 9.23 Å². The van der Waals surface area contributed by atoms with Crippen LogP contribution in [0.1, 0.15) is 53.8 Å². The van der Waals surface area contributed by atoms with Crippen molar-refractivity contribution in [2.45, 2.75) is 43.9 Å². The van der Waals surface area contributed by atoms with E-state index in [1.165, 1.54) is 15.3 Å². The van der Waals surface area contributed by atoms with E-state index in [9.17, 15) is 0 Å². The molecule has 21 heavy (non-hydrogen) atoms. The van der Waals surface area contributed by atoms with Crippen LogP contribution in [-0.4, -0.2) is 6.61 Å². The second-order valence-electron chi connectivity index (χ2n) is 6.64. The fourth-order valence-electron chi connectivity index (χ4n) is 2.78. The zero-order valence-corrected chi connectivity index (χ0v) is 14.3. The van der Waals surface area contributed by atoms with Crippen molar-refractivity contribution in [3.63, 3.8) is 0 Å². The number of fused-ring (bicyclic) bond motifs is 1. The van der Waals surface area contributed by atoms with Gasteiger partial charge in [0.15, 0.2) is 0 Å². The van der Waals surface area contributed by atoms with Gasteiger partial charge in [0, 0.05) is 15.7 Å². The van der Waals surface area contributed by atoms with E-state index in [-0.39, 0.29) is 10.8 Å². The van der Waals surface area contributed by atoms with Gasteiger partial charge in [0.2, 0.25) is 0 Å². The quantitative estimate of drug-likeness (QED) is 0.627. The third-order valence-electron chi connectivity index (χ3n) is 4.00. The lowest BCUT2D eigenvalue weighted by Crippen LogP contribution is -2.17. The second-order valence-corrected chi connectivity index (χ2v) is 8.22. The Balaban J connectivity index is 1.89. The molecule has 0 spiro atoms. The molecule has 2 unspecified atom stereocenters. The van der Waals surface area contributed by atoms with E-state index < -0.39 is 0 Å². The highest BCUT2D eigenvalue weighted by molar-refractivity contribution is 7.12. The lowest BCUT2D eigenvalue weighted by Gasteiger charge is -2.28. The number of halogens is 1. The molecule has 1 aromatic carbocycles. The fourth-order valence-corrected chi connectivity index (χ4v) is 4.35. The van der Waals surface area contributed by atoms with Gasteiger partial charge in [-0.2, -0.15) is 0 Å². The van der Waals surface area contributed by atoms with Crippen molar-refractivity contribution in [1.29, 1.82) is 0 Å². The van der Waals surface area contributed by atoms with Crippen molar-refractivity contribution in [2.75, 3.05) is 6.61 Å². The average molecular weight is 321 g/mol. The van der Waals surface area contributed by atoms with Crippen molar-refractivity contribution in [3.8, 4) is 5.75 Å². The van der Waals surface area contributed by atoms with E-state index in [2.05, 4.69) is 45.0 Å². The van der Waals surface area contributed by atoms with Crippen LogP contribution in [0.15, 0.2) is 36.4 Å². The SMILES string of the molecule is CC(C)(C)c1ccc(C(Cl)C2CCOc3ccccc32)s1. The van der Waals surface area contributed by atoms with Crippen molar-refractivity contribution < 1.29 is 4.74 Å². The van der Waals surface area contributed by atoms with Gasteiger partial charge in [-0.25, -0.2) is 0 Å². The van der Waals surface area contributed by atoms with Crippen molar-refractivity contribution in [1.82, 2.24) is 0 Å². The minimum atomic E-state index is 0.0242. The number of benzene rings is 1. The summed E-state index contributed by atoms with van der Waals surface area (Å²) in [5.74, 6) is 1.33. The molecule has 0 N–H and O–H groups in total. The Bertz CT molecular complexity index is 626. The lowest BCUT2D eigenvalue weighted by molar-refractivity contribution is 0.265. The summed E-state index contributed by atoms with van der Waals surface area (Å²) >= 11 is 8.67. The molecule has 2 aromatic rings. The minimum absolute atomic E-state index is 0.0242. The molecule has 1 aliphatic heterocycles. The molecule has 1 aliphatic rings. The molecule has 2 heterocycles. The number of alkyl halides is 1. The van der Waals surface area contributed by atoms with Gasteiger partial charge in [0.05, 0.1) is 12.0 Å². The molecule has 1 nitrogen and oxygen atoms in total. The van der Waals surface area contributed by atoms with E-state index >= 15 is 0 Å². The average Bonchev–Trinajstić information content (AvgIpc) is 2.96. The molecule has 1 aromatic heterocycles. The molecule has 3 heteroatoms. The van der Waals surface area contributed by atoms with Gasteiger partial charge in [-0.05, 0) is 35.6 Å². The largest absolute Gasteiger partial charge is 0.493 e. The molecular formula is C18H21ClOS. The summed E-state index contributed by atoms with van der Waals surface area (Å²) in [6.45, 7) is 7.49. The van der Waals surface area contributed by atoms with E-state index in [4.69, 9.17) is 16.3 Å². The Morgan fingerprint density at radius 2 is 1.95 bits per heavy atom. The molecule has 0 radical (unpaired) electrons. The van der Waals surface area contributed by atoms with Crippen LogP contribution in [0.5, 0.6) is 5.75 Å². The third-order valence-corrected chi connectivity index (χ3v) is 6.26. The summed E-state index contributed by atoms with van der Waals surface area (Å²) in [5.41, 5.74) is 1.43.